The van der Waals surface area contributed by atoms with Crippen LogP contribution in [0.15, 0.2) is 29.2 Å². The highest BCUT2D eigenvalue weighted by Crippen LogP contribution is 2.20. The van der Waals surface area contributed by atoms with Crippen LogP contribution < -0.4 is 5.32 Å². The normalized spacial score (nSPS) is 9.71. The average molecular weight is 255 g/mol. The van der Waals surface area contributed by atoms with Crippen molar-refractivity contribution in [3.8, 4) is 5.75 Å². The number of benzene rings is 1. The molecular formula is C11H13NO4S. The van der Waals surface area contributed by atoms with Gasteiger partial charge >= 0.3 is 6.09 Å². The van der Waals surface area contributed by atoms with Crippen molar-refractivity contribution in [1.82, 2.24) is 5.32 Å². The van der Waals surface area contributed by atoms with Crippen molar-refractivity contribution in [2.75, 3.05) is 12.4 Å². The molecule has 0 aromatic heterocycles. The standard InChI is InChI=1S/C11H13NO4S/c1-2-16-11(15)12-10(14)7-17-9-5-3-8(13)4-6-9/h3-6,13H,2,7H2,1H3,(H,12,14,15). The fourth-order valence-corrected chi connectivity index (χ4v) is 1.71. The molecule has 1 aromatic rings. The number of phenols is 1. The van der Waals surface area contributed by atoms with Gasteiger partial charge in [0.05, 0.1) is 12.4 Å². The molecule has 0 heterocycles. The van der Waals surface area contributed by atoms with Crippen LogP contribution in [0.5, 0.6) is 5.75 Å². The minimum Gasteiger partial charge on any atom is -0.508 e. The van der Waals surface area contributed by atoms with E-state index in [2.05, 4.69) is 10.1 Å². The van der Waals surface area contributed by atoms with Crippen LogP contribution in [0.25, 0.3) is 0 Å². The molecule has 0 spiro atoms. The summed E-state index contributed by atoms with van der Waals surface area (Å²) < 4.78 is 4.57. The minimum atomic E-state index is -0.733. The molecule has 0 unspecified atom stereocenters. The van der Waals surface area contributed by atoms with E-state index in [-0.39, 0.29) is 18.1 Å². The summed E-state index contributed by atoms with van der Waals surface area (Å²) in [4.78, 5) is 23.0. The van der Waals surface area contributed by atoms with E-state index in [0.717, 1.165) is 4.90 Å². The molecule has 0 saturated carbocycles. The number of thioether (sulfide) groups is 1. The summed E-state index contributed by atoms with van der Waals surface area (Å²) in [5, 5.41) is 11.2. The summed E-state index contributed by atoms with van der Waals surface area (Å²) in [6.07, 6.45) is -0.733. The molecule has 1 aromatic carbocycles. The number of imide groups is 1. The molecule has 2 N–H and O–H groups in total. The lowest BCUT2D eigenvalue weighted by Crippen LogP contribution is -2.32. The van der Waals surface area contributed by atoms with Gasteiger partial charge in [0, 0.05) is 4.90 Å². The lowest BCUT2D eigenvalue weighted by Gasteiger charge is -2.04. The Hall–Kier alpha value is -1.69. The highest BCUT2D eigenvalue weighted by Gasteiger charge is 2.08. The molecule has 0 aliphatic heterocycles. The molecule has 5 nitrogen and oxygen atoms in total. The first-order valence-corrected chi connectivity index (χ1v) is 5.99. The third kappa shape index (κ3) is 5.26. The molecule has 0 bridgehead atoms. The number of rotatable bonds is 4. The minimum absolute atomic E-state index is 0.115. The topological polar surface area (TPSA) is 75.6 Å². The van der Waals surface area contributed by atoms with Crippen LogP contribution in [-0.2, 0) is 9.53 Å². The number of ether oxygens (including phenoxy) is 1. The summed E-state index contributed by atoms with van der Waals surface area (Å²) in [5.74, 6) is -0.129. The lowest BCUT2D eigenvalue weighted by atomic mass is 10.3. The van der Waals surface area contributed by atoms with Crippen molar-refractivity contribution < 1.29 is 19.4 Å². The molecular weight excluding hydrogens is 242 g/mol. The molecule has 0 aliphatic rings. The Bertz CT molecular complexity index is 391. The van der Waals surface area contributed by atoms with Gasteiger partial charge < -0.3 is 9.84 Å². The van der Waals surface area contributed by atoms with Crippen molar-refractivity contribution in [3.05, 3.63) is 24.3 Å². The Morgan fingerprint density at radius 1 is 1.35 bits per heavy atom. The number of aromatic hydroxyl groups is 1. The van der Waals surface area contributed by atoms with Gasteiger partial charge in [0.2, 0.25) is 5.91 Å². The number of carbonyl (C=O) groups excluding carboxylic acids is 2. The fraction of sp³-hybridized carbons (Fsp3) is 0.273. The molecule has 2 amide bonds. The number of hydrogen-bond donors (Lipinski definition) is 2. The van der Waals surface area contributed by atoms with Gasteiger partial charge in [-0.05, 0) is 31.2 Å². The van der Waals surface area contributed by atoms with Gasteiger partial charge in [-0.25, -0.2) is 4.79 Å². The van der Waals surface area contributed by atoms with Gasteiger partial charge in [-0.3, -0.25) is 10.1 Å². The van der Waals surface area contributed by atoms with Crippen LogP contribution in [0.3, 0.4) is 0 Å². The molecule has 0 atom stereocenters. The first kappa shape index (κ1) is 13.4. The van der Waals surface area contributed by atoms with Gasteiger partial charge in [-0.15, -0.1) is 11.8 Å². The van der Waals surface area contributed by atoms with Crippen LogP contribution in [0.2, 0.25) is 0 Å². The number of carbonyl (C=O) groups is 2. The van der Waals surface area contributed by atoms with Crippen LogP contribution in [0.4, 0.5) is 4.79 Å². The van der Waals surface area contributed by atoms with E-state index in [1.807, 2.05) is 0 Å². The van der Waals surface area contributed by atoms with Crippen molar-refractivity contribution in [1.29, 1.82) is 0 Å². The number of phenolic OH excluding ortho intramolecular Hbond substituents is 1. The van der Waals surface area contributed by atoms with Crippen molar-refractivity contribution >= 4 is 23.8 Å². The van der Waals surface area contributed by atoms with Crippen molar-refractivity contribution in [2.45, 2.75) is 11.8 Å². The molecule has 17 heavy (non-hydrogen) atoms. The first-order valence-electron chi connectivity index (χ1n) is 5.00. The predicted molar refractivity (Wildman–Crippen MR) is 64.0 cm³/mol. The van der Waals surface area contributed by atoms with Crippen LogP contribution >= 0.6 is 11.8 Å². The van der Waals surface area contributed by atoms with E-state index >= 15 is 0 Å². The first-order chi connectivity index (χ1) is 8.11. The Balaban J connectivity index is 2.33. The molecule has 6 heteroatoms. The number of nitrogens with one attached hydrogen (secondary N) is 1. The quantitative estimate of drug-likeness (QED) is 0.802. The van der Waals surface area contributed by atoms with Crippen molar-refractivity contribution in [2.24, 2.45) is 0 Å². The smallest absolute Gasteiger partial charge is 0.413 e. The zero-order valence-electron chi connectivity index (χ0n) is 9.30. The van der Waals surface area contributed by atoms with Crippen LogP contribution in [-0.4, -0.2) is 29.5 Å². The second-order valence-corrected chi connectivity index (χ2v) is 4.10. The maximum atomic E-state index is 11.3. The summed E-state index contributed by atoms with van der Waals surface area (Å²) in [6.45, 7) is 1.89. The Labute approximate surface area is 103 Å². The van der Waals surface area contributed by atoms with Gasteiger partial charge in [0.15, 0.2) is 0 Å². The van der Waals surface area contributed by atoms with Crippen molar-refractivity contribution in [3.63, 3.8) is 0 Å². The largest absolute Gasteiger partial charge is 0.508 e. The monoisotopic (exact) mass is 255 g/mol. The maximum absolute atomic E-state index is 11.3. The van der Waals surface area contributed by atoms with E-state index in [9.17, 15) is 9.59 Å². The van der Waals surface area contributed by atoms with Gasteiger partial charge in [0.1, 0.15) is 5.75 Å². The number of amides is 2. The lowest BCUT2D eigenvalue weighted by molar-refractivity contribution is -0.117. The highest BCUT2D eigenvalue weighted by molar-refractivity contribution is 8.00. The third-order valence-corrected chi connectivity index (χ3v) is 2.74. The van der Waals surface area contributed by atoms with E-state index in [0.29, 0.717) is 0 Å². The molecule has 92 valence electrons. The zero-order valence-corrected chi connectivity index (χ0v) is 10.1. The van der Waals surface area contributed by atoms with Crippen LogP contribution in [0.1, 0.15) is 6.92 Å². The Morgan fingerprint density at radius 3 is 2.59 bits per heavy atom. The van der Waals surface area contributed by atoms with Gasteiger partial charge in [-0.2, -0.15) is 0 Å². The van der Waals surface area contributed by atoms with Crippen LogP contribution in [0, 0.1) is 0 Å². The van der Waals surface area contributed by atoms with Gasteiger partial charge in [0.25, 0.3) is 0 Å². The number of hydrogen-bond acceptors (Lipinski definition) is 5. The Morgan fingerprint density at radius 2 is 2.00 bits per heavy atom. The maximum Gasteiger partial charge on any atom is 0.413 e. The average Bonchev–Trinajstić information content (AvgIpc) is 2.28. The SMILES string of the molecule is CCOC(=O)NC(=O)CSc1ccc(O)cc1. The molecule has 0 fully saturated rings. The summed E-state index contributed by atoms with van der Waals surface area (Å²) in [7, 11) is 0. The summed E-state index contributed by atoms with van der Waals surface area (Å²) in [6, 6.07) is 6.45. The van der Waals surface area contributed by atoms with E-state index < -0.39 is 12.0 Å². The Kier molecular flexibility index (Phi) is 5.35. The van der Waals surface area contributed by atoms with E-state index in [4.69, 9.17) is 5.11 Å². The second kappa shape index (κ2) is 6.80. The summed E-state index contributed by atoms with van der Waals surface area (Å²) in [5.41, 5.74) is 0. The third-order valence-electron chi connectivity index (χ3n) is 1.72. The van der Waals surface area contributed by atoms with E-state index in [1.54, 1.807) is 19.1 Å². The molecule has 1 rings (SSSR count). The summed E-state index contributed by atoms with van der Waals surface area (Å²) >= 11 is 1.27. The number of alkyl carbamates (subject to hydrolysis) is 1. The second-order valence-electron chi connectivity index (χ2n) is 3.05. The molecule has 0 saturated heterocycles. The van der Waals surface area contributed by atoms with E-state index in [1.165, 1.54) is 23.9 Å². The molecule has 0 radical (unpaired) electrons. The molecule has 0 aliphatic carbocycles. The predicted octanol–water partition coefficient (Wildman–Crippen LogP) is 1.76. The highest BCUT2D eigenvalue weighted by atomic mass is 32.2. The van der Waals surface area contributed by atoms with Gasteiger partial charge in [-0.1, -0.05) is 0 Å². The zero-order chi connectivity index (χ0) is 12.7. The fourth-order valence-electron chi connectivity index (χ4n) is 1.01.